The fraction of sp³-hybridized carbons (Fsp3) is 0.333. The number of benzene rings is 1. The van der Waals surface area contributed by atoms with Crippen LogP contribution in [0.5, 0.6) is 5.75 Å². The lowest BCUT2D eigenvalue weighted by molar-refractivity contribution is 0.0811. The number of fused-ring (bicyclic) bond motifs is 1. The molecule has 0 spiro atoms. The van der Waals surface area contributed by atoms with Gasteiger partial charge in [0.15, 0.2) is 23.2 Å². The zero-order valence-electron chi connectivity index (χ0n) is 11.7. The maximum atomic E-state index is 13.4. The molecule has 1 aliphatic rings. The molecule has 1 aliphatic carbocycles. The first-order chi connectivity index (χ1) is 9.79. The van der Waals surface area contributed by atoms with E-state index in [0.717, 1.165) is 12.1 Å². The van der Waals surface area contributed by atoms with Gasteiger partial charge in [-0.05, 0) is 12.8 Å². The second kappa shape index (κ2) is 4.38. The van der Waals surface area contributed by atoms with E-state index < -0.39 is 22.8 Å². The highest BCUT2D eigenvalue weighted by atomic mass is 19.1. The van der Waals surface area contributed by atoms with Crippen LogP contribution in [0, 0.1) is 17.0 Å². The normalized spacial score (nSPS) is 16.9. The van der Waals surface area contributed by atoms with Crippen molar-refractivity contribution in [2.24, 2.45) is 5.41 Å². The van der Waals surface area contributed by atoms with Crippen LogP contribution < -0.4 is 0 Å². The number of aromatic hydroxyl groups is 1. The molecule has 0 radical (unpaired) electrons. The Bertz CT molecular complexity index is 727. The summed E-state index contributed by atoms with van der Waals surface area (Å²) in [6.45, 7) is 3.74. The first-order valence-electron chi connectivity index (χ1n) is 6.61. The van der Waals surface area contributed by atoms with Gasteiger partial charge in [-0.3, -0.25) is 4.79 Å². The van der Waals surface area contributed by atoms with Crippen molar-refractivity contribution in [2.45, 2.75) is 26.7 Å². The maximum absolute atomic E-state index is 13.4. The van der Waals surface area contributed by atoms with E-state index >= 15 is 0 Å². The topological polar surface area (TPSA) is 55.1 Å². The number of carbonyl (C=O) groups excluding carboxylic acids is 1. The van der Waals surface area contributed by atoms with Crippen LogP contribution in [0.4, 0.5) is 8.78 Å². The van der Waals surface area contributed by atoms with Crippen molar-refractivity contribution < 1.29 is 18.7 Å². The van der Waals surface area contributed by atoms with E-state index in [-0.39, 0.29) is 11.5 Å². The zero-order chi connectivity index (χ0) is 15.4. The molecule has 0 bridgehead atoms. The minimum absolute atomic E-state index is 0.0188. The number of rotatable bonds is 1. The Kier molecular flexibility index (Phi) is 2.86. The lowest BCUT2D eigenvalue weighted by Gasteiger charge is -2.26. The maximum Gasteiger partial charge on any atom is 0.187 e. The number of hydrogen-bond acceptors (Lipinski definition) is 3. The number of carbonyl (C=O) groups is 1. The second-order valence-electron chi connectivity index (χ2n) is 5.91. The van der Waals surface area contributed by atoms with Gasteiger partial charge in [0, 0.05) is 23.7 Å². The van der Waals surface area contributed by atoms with Crippen molar-refractivity contribution >= 4 is 5.78 Å². The number of hydrogen-bond donors (Lipinski definition) is 1. The molecule has 0 amide bonds. The molecular weight excluding hydrogens is 278 g/mol. The van der Waals surface area contributed by atoms with Gasteiger partial charge in [-0.1, -0.05) is 13.8 Å². The Labute approximate surface area is 120 Å². The minimum atomic E-state index is -1.06. The van der Waals surface area contributed by atoms with Crippen LogP contribution in [0.25, 0.3) is 5.69 Å². The molecule has 1 aromatic carbocycles. The van der Waals surface area contributed by atoms with Crippen molar-refractivity contribution in [3.05, 3.63) is 41.2 Å². The van der Waals surface area contributed by atoms with Crippen molar-refractivity contribution in [1.82, 2.24) is 9.78 Å². The Morgan fingerprint density at radius 3 is 2.52 bits per heavy atom. The van der Waals surface area contributed by atoms with Crippen LogP contribution in [0.15, 0.2) is 18.3 Å². The average molecular weight is 292 g/mol. The summed E-state index contributed by atoms with van der Waals surface area (Å²) >= 11 is 0. The van der Waals surface area contributed by atoms with Crippen molar-refractivity contribution in [3.63, 3.8) is 0 Å². The van der Waals surface area contributed by atoms with E-state index in [1.807, 2.05) is 13.8 Å². The number of phenolic OH excluding ortho intramolecular Hbond substituents is 1. The van der Waals surface area contributed by atoms with Crippen LogP contribution in [-0.4, -0.2) is 20.7 Å². The molecule has 1 N–H and O–H groups in total. The minimum Gasteiger partial charge on any atom is -0.503 e. The fourth-order valence-corrected chi connectivity index (χ4v) is 2.51. The number of aryl methyl sites for hydroxylation is 1. The summed E-state index contributed by atoms with van der Waals surface area (Å²) in [7, 11) is 0. The molecule has 3 rings (SSSR count). The summed E-state index contributed by atoms with van der Waals surface area (Å²) in [4.78, 5) is 12.3. The Balaban J connectivity index is 2.09. The summed E-state index contributed by atoms with van der Waals surface area (Å²) in [6, 6.07) is 1.96. The van der Waals surface area contributed by atoms with Gasteiger partial charge in [0.05, 0.1) is 16.9 Å². The highest BCUT2D eigenvalue weighted by molar-refractivity contribution is 6.01. The standard InChI is InChI=1S/C15H14F2N2O2/c1-15(2)4-3-12-9(14(15)21)7-19(18-12)8-5-10(16)13(20)11(17)6-8/h5-7,20H,3-4H2,1-2H3. The second-order valence-corrected chi connectivity index (χ2v) is 5.91. The molecule has 2 aromatic rings. The highest BCUT2D eigenvalue weighted by Gasteiger charge is 2.36. The largest absolute Gasteiger partial charge is 0.503 e. The number of phenols is 1. The molecule has 0 aliphatic heterocycles. The predicted octanol–water partition coefficient (Wildman–Crippen LogP) is 3.01. The first kappa shape index (κ1) is 13.7. The SMILES string of the molecule is CC1(C)CCc2nn(-c3cc(F)c(O)c(F)c3)cc2C1=O. The van der Waals surface area contributed by atoms with Gasteiger partial charge < -0.3 is 5.11 Å². The third kappa shape index (κ3) is 2.11. The van der Waals surface area contributed by atoms with Gasteiger partial charge in [0.1, 0.15) is 0 Å². The van der Waals surface area contributed by atoms with Crippen LogP contribution in [-0.2, 0) is 6.42 Å². The highest BCUT2D eigenvalue weighted by Crippen LogP contribution is 2.34. The number of halogens is 2. The van der Waals surface area contributed by atoms with Crippen LogP contribution in [0.2, 0.25) is 0 Å². The molecule has 110 valence electrons. The summed E-state index contributed by atoms with van der Waals surface area (Å²) in [6.07, 6.45) is 2.82. The number of Topliss-reactive ketones (excluding diaryl/α,β-unsaturated/α-hetero) is 1. The smallest absolute Gasteiger partial charge is 0.187 e. The molecule has 1 heterocycles. The molecule has 0 fully saturated rings. The number of aromatic nitrogens is 2. The van der Waals surface area contributed by atoms with E-state index in [0.29, 0.717) is 24.1 Å². The summed E-state index contributed by atoms with van der Waals surface area (Å²) < 4.78 is 28.1. The molecule has 0 saturated carbocycles. The molecule has 1 aromatic heterocycles. The zero-order valence-corrected chi connectivity index (χ0v) is 11.7. The summed E-state index contributed by atoms with van der Waals surface area (Å²) in [5.41, 5.74) is 0.794. The molecule has 6 heteroatoms. The Morgan fingerprint density at radius 2 is 1.90 bits per heavy atom. The molecule has 21 heavy (non-hydrogen) atoms. The predicted molar refractivity (Wildman–Crippen MR) is 71.6 cm³/mol. The van der Waals surface area contributed by atoms with E-state index in [2.05, 4.69) is 5.10 Å². The van der Waals surface area contributed by atoms with E-state index in [1.165, 1.54) is 10.9 Å². The lowest BCUT2D eigenvalue weighted by atomic mass is 9.75. The van der Waals surface area contributed by atoms with Gasteiger partial charge in [0.2, 0.25) is 0 Å². The van der Waals surface area contributed by atoms with E-state index in [9.17, 15) is 13.6 Å². The molecule has 0 saturated heterocycles. The van der Waals surface area contributed by atoms with Gasteiger partial charge in [-0.2, -0.15) is 5.10 Å². The molecule has 4 nitrogen and oxygen atoms in total. The number of nitrogens with zero attached hydrogens (tertiary/aromatic N) is 2. The molecule has 0 unspecified atom stereocenters. The van der Waals surface area contributed by atoms with Gasteiger partial charge in [0.25, 0.3) is 0 Å². The van der Waals surface area contributed by atoms with Crippen LogP contribution in [0.1, 0.15) is 36.3 Å². The summed E-state index contributed by atoms with van der Waals surface area (Å²) in [5.74, 6) is -3.17. The van der Waals surface area contributed by atoms with Crippen molar-refractivity contribution in [1.29, 1.82) is 0 Å². The monoisotopic (exact) mass is 292 g/mol. The third-order valence-electron chi connectivity index (χ3n) is 3.90. The summed E-state index contributed by atoms with van der Waals surface area (Å²) in [5, 5.41) is 13.3. The number of ketones is 1. The lowest BCUT2D eigenvalue weighted by Crippen LogP contribution is -2.29. The first-order valence-corrected chi connectivity index (χ1v) is 6.61. The van der Waals surface area contributed by atoms with Crippen LogP contribution >= 0.6 is 0 Å². The van der Waals surface area contributed by atoms with E-state index in [1.54, 1.807) is 0 Å². The Hall–Kier alpha value is -2.24. The van der Waals surface area contributed by atoms with Crippen LogP contribution in [0.3, 0.4) is 0 Å². The van der Waals surface area contributed by atoms with Crippen molar-refractivity contribution in [2.75, 3.05) is 0 Å². The fourth-order valence-electron chi connectivity index (χ4n) is 2.51. The van der Waals surface area contributed by atoms with Gasteiger partial charge in [-0.25, -0.2) is 13.5 Å². The van der Waals surface area contributed by atoms with Gasteiger partial charge in [-0.15, -0.1) is 0 Å². The molecular formula is C15H14F2N2O2. The van der Waals surface area contributed by atoms with Gasteiger partial charge >= 0.3 is 0 Å². The van der Waals surface area contributed by atoms with E-state index in [4.69, 9.17) is 5.11 Å². The Morgan fingerprint density at radius 1 is 1.29 bits per heavy atom. The average Bonchev–Trinajstić information content (AvgIpc) is 2.85. The van der Waals surface area contributed by atoms with Crippen molar-refractivity contribution in [3.8, 4) is 11.4 Å². The quantitative estimate of drug-likeness (QED) is 0.879. The molecule has 0 atom stereocenters. The third-order valence-corrected chi connectivity index (χ3v) is 3.90.